The fraction of sp³-hybridized carbons (Fsp3) is 0.250. The van der Waals surface area contributed by atoms with E-state index in [0.717, 1.165) is 35.2 Å². The lowest BCUT2D eigenvalue weighted by molar-refractivity contribution is 0.0636. The Morgan fingerprint density at radius 3 is 2.78 bits per heavy atom. The molecule has 1 fully saturated rings. The van der Waals surface area contributed by atoms with Crippen molar-refractivity contribution in [2.75, 3.05) is 19.6 Å². The number of halogens is 2. The van der Waals surface area contributed by atoms with Crippen LogP contribution in [0.4, 0.5) is 0 Å². The van der Waals surface area contributed by atoms with Crippen molar-refractivity contribution >= 4 is 41.6 Å². The first-order chi connectivity index (χ1) is 12.2. The number of amides is 1. The molecule has 0 radical (unpaired) electrons. The zero-order chi connectivity index (χ0) is 17.2. The molecule has 0 bridgehead atoms. The summed E-state index contributed by atoms with van der Waals surface area (Å²) in [6.07, 6.45) is 3.59. The molecule has 3 aromatic rings. The lowest BCUT2D eigenvalue weighted by Crippen LogP contribution is -2.48. The first-order valence-corrected chi connectivity index (χ1v) is 8.52. The fourth-order valence-corrected chi connectivity index (χ4v) is 3.39. The summed E-state index contributed by atoms with van der Waals surface area (Å²) in [6, 6.07) is 13.7. The highest BCUT2D eigenvalue weighted by atomic mass is 35.5. The summed E-state index contributed by atoms with van der Waals surface area (Å²) in [5.41, 5.74) is 3.40. The third-order valence-electron chi connectivity index (χ3n) is 4.66. The van der Waals surface area contributed by atoms with E-state index in [9.17, 15) is 4.79 Å². The molecule has 7 heteroatoms. The third-order valence-corrected chi connectivity index (χ3v) is 4.66. The molecule has 3 heterocycles. The maximum absolute atomic E-state index is 13.3. The molecular weight excluding hydrogens is 383 g/mol. The number of aromatic nitrogens is 2. The van der Waals surface area contributed by atoms with E-state index in [4.69, 9.17) is 0 Å². The van der Waals surface area contributed by atoms with Crippen LogP contribution in [0.5, 0.6) is 0 Å². The van der Waals surface area contributed by atoms with Crippen LogP contribution < -0.4 is 5.32 Å². The van der Waals surface area contributed by atoms with Crippen LogP contribution in [0, 0.1) is 6.92 Å². The number of fused-ring (bicyclic) bond motifs is 1. The van der Waals surface area contributed by atoms with E-state index in [2.05, 4.69) is 15.3 Å². The standard InChI is InChI=1S/C20H20N4O.2ClH/c1-14-7-8-15-4-2-6-17(19(15)23-14)20(25)24-11-10-22-13-18(24)16-5-3-9-21-12-16;;/h2-9,12,18,22H,10-11,13H2,1H3;2*1H. The number of nitrogens with zero attached hydrogens (tertiary/aromatic N) is 3. The van der Waals surface area contributed by atoms with Crippen molar-refractivity contribution < 1.29 is 4.79 Å². The van der Waals surface area contributed by atoms with E-state index in [1.165, 1.54) is 0 Å². The fourth-order valence-electron chi connectivity index (χ4n) is 3.39. The van der Waals surface area contributed by atoms with Gasteiger partial charge in [-0.25, -0.2) is 0 Å². The minimum Gasteiger partial charge on any atom is -0.329 e. The summed E-state index contributed by atoms with van der Waals surface area (Å²) in [5, 5.41) is 4.37. The number of benzene rings is 1. The van der Waals surface area contributed by atoms with Crippen molar-refractivity contribution in [1.29, 1.82) is 0 Å². The Morgan fingerprint density at radius 2 is 2.00 bits per heavy atom. The van der Waals surface area contributed by atoms with Crippen molar-refractivity contribution in [2.24, 2.45) is 0 Å². The topological polar surface area (TPSA) is 58.1 Å². The molecule has 27 heavy (non-hydrogen) atoms. The van der Waals surface area contributed by atoms with E-state index < -0.39 is 0 Å². The number of hydrogen-bond acceptors (Lipinski definition) is 4. The van der Waals surface area contributed by atoms with Crippen molar-refractivity contribution in [3.05, 3.63) is 71.7 Å². The van der Waals surface area contributed by atoms with Crippen molar-refractivity contribution in [1.82, 2.24) is 20.2 Å². The van der Waals surface area contributed by atoms with Crippen molar-refractivity contribution in [2.45, 2.75) is 13.0 Å². The monoisotopic (exact) mass is 404 g/mol. The maximum atomic E-state index is 13.3. The van der Waals surface area contributed by atoms with Crippen LogP contribution in [0.15, 0.2) is 54.9 Å². The van der Waals surface area contributed by atoms with Crippen LogP contribution in [-0.4, -0.2) is 40.4 Å². The van der Waals surface area contributed by atoms with E-state index in [1.807, 2.05) is 60.5 Å². The second-order valence-electron chi connectivity index (χ2n) is 6.33. The van der Waals surface area contributed by atoms with Gasteiger partial charge in [-0.2, -0.15) is 0 Å². The van der Waals surface area contributed by atoms with E-state index in [1.54, 1.807) is 6.20 Å². The first kappa shape index (κ1) is 21.1. The van der Waals surface area contributed by atoms with Gasteiger partial charge in [0.2, 0.25) is 0 Å². The number of piperazine rings is 1. The Morgan fingerprint density at radius 1 is 1.15 bits per heavy atom. The van der Waals surface area contributed by atoms with Gasteiger partial charge in [-0.3, -0.25) is 14.8 Å². The van der Waals surface area contributed by atoms with Gasteiger partial charge in [0.15, 0.2) is 0 Å². The molecule has 1 saturated heterocycles. The van der Waals surface area contributed by atoms with Gasteiger partial charge in [-0.05, 0) is 30.7 Å². The largest absolute Gasteiger partial charge is 0.329 e. The minimum atomic E-state index is -0.0185. The zero-order valence-electron chi connectivity index (χ0n) is 15.0. The first-order valence-electron chi connectivity index (χ1n) is 8.52. The molecule has 1 amide bonds. The molecular formula is C20H22Cl2N4O. The Balaban J connectivity index is 0.00000131. The summed E-state index contributed by atoms with van der Waals surface area (Å²) < 4.78 is 0. The molecule has 1 aliphatic rings. The van der Waals surface area contributed by atoms with Crippen LogP contribution in [0.2, 0.25) is 0 Å². The number of aryl methyl sites for hydroxylation is 1. The van der Waals surface area contributed by atoms with Gasteiger partial charge in [-0.15, -0.1) is 24.8 Å². The number of carbonyl (C=O) groups is 1. The number of hydrogen-bond donors (Lipinski definition) is 1. The van der Waals surface area contributed by atoms with E-state index in [-0.39, 0.29) is 36.8 Å². The molecule has 0 saturated carbocycles. The lowest BCUT2D eigenvalue weighted by atomic mass is 10.0. The molecule has 0 spiro atoms. The van der Waals surface area contributed by atoms with Gasteiger partial charge in [0, 0.05) is 43.1 Å². The quantitative estimate of drug-likeness (QED) is 0.708. The molecule has 1 N–H and O–H groups in total. The number of pyridine rings is 2. The predicted octanol–water partition coefficient (Wildman–Crippen LogP) is 3.57. The summed E-state index contributed by atoms with van der Waals surface area (Å²) in [5.74, 6) is 0.0269. The Kier molecular flexibility index (Phi) is 7.13. The second-order valence-corrected chi connectivity index (χ2v) is 6.33. The van der Waals surface area contributed by atoms with Gasteiger partial charge in [0.25, 0.3) is 5.91 Å². The highest BCUT2D eigenvalue weighted by Crippen LogP contribution is 2.26. The highest BCUT2D eigenvalue weighted by Gasteiger charge is 2.29. The predicted molar refractivity (Wildman–Crippen MR) is 112 cm³/mol. The average molecular weight is 405 g/mol. The van der Waals surface area contributed by atoms with Crippen LogP contribution in [-0.2, 0) is 0 Å². The van der Waals surface area contributed by atoms with E-state index in [0.29, 0.717) is 12.1 Å². The van der Waals surface area contributed by atoms with Crippen molar-refractivity contribution in [3.63, 3.8) is 0 Å². The van der Waals surface area contributed by atoms with Crippen LogP contribution in [0.1, 0.15) is 27.7 Å². The molecule has 0 aliphatic carbocycles. The van der Waals surface area contributed by atoms with Gasteiger partial charge in [-0.1, -0.05) is 24.3 Å². The van der Waals surface area contributed by atoms with Gasteiger partial charge in [0.1, 0.15) is 0 Å². The minimum absolute atomic E-state index is 0. The summed E-state index contributed by atoms with van der Waals surface area (Å²) in [7, 11) is 0. The average Bonchev–Trinajstić information content (AvgIpc) is 2.67. The Labute approximate surface area is 171 Å². The van der Waals surface area contributed by atoms with Crippen LogP contribution >= 0.6 is 24.8 Å². The smallest absolute Gasteiger partial charge is 0.256 e. The zero-order valence-corrected chi connectivity index (χ0v) is 16.6. The molecule has 1 aromatic carbocycles. The van der Waals surface area contributed by atoms with Gasteiger partial charge < -0.3 is 10.2 Å². The number of nitrogens with one attached hydrogen (secondary N) is 1. The highest BCUT2D eigenvalue weighted by molar-refractivity contribution is 6.05. The second kappa shape index (κ2) is 9.13. The Hall–Kier alpha value is -2.21. The molecule has 142 valence electrons. The molecule has 1 atom stereocenters. The SMILES string of the molecule is Cc1ccc2cccc(C(=O)N3CCNCC3c3cccnc3)c2n1.Cl.Cl. The molecule has 2 aromatic heterocycles. The molecule has 4 rings (SSSR count). The van der Waals surface area contributed by atoms with Crippen LogP contribution in [0.25, 0.3) is 10.9 Å². The molecule has 5 nitrogen and oxygen atoms in total. The number of carbonyl (C=O) groups excluding carboxylic acids is 1. The molecule has 1 aliphatic heterocycles. The number of para-hydroxylation sites is 1. The van der Waals surface area contributed by atoms with Gasteiger partial charge in [0.05, 0.1) is 17.1 Å². The maximum Gasteiger partial charge on any atom is 0.256 e. The molecule has 1 unspecified atom stereocenters. The number of rotatable bonds is 2. The van der Waals surface area contributed by atoms with Crippen molar-refractivity contribution in [3.8, 4) is 0 Å². The summed E-state index contributed by atoms with van der Waals surface area (Å²) in [4.78, 5) is 24.1. The normalized spacial score (nSPS) is 16.3. The third kappa shape index (κ3) is 4.21. The van der Waals surface area contributed by atoms with Gasteiger partial charge >= 0.3 is 0 Å². The van der Waals surface area contributed by atoms with E-state index >= 15 is 0 Å². The Bertz CT molecular complexity index is 920. The lowest BCUT2D eigenvalue weighted by Gasteiger charge is -2.36. The summed E-state index contributed by atoms with van der Waals surface area (Å²) in [6.45, 7) is 4.14. The summed E-state index contributed by atoms with van der Waals surface area (Å²) >= 11 is 0. The van der Waals surface area contributed by atoms with Crippen LogP contribution in [0.3, 0.4) is 0 Å².